The van der Waals surface area contributed by atoms with Gasteiger partial charge in [-0.25, -0.2) is 0 Å². The summed E-state index contributed by atoms with van der Waals surface area (Å²) in [4.78, 5) is 4.81. The molecule has 5 heteroatoms. The van der Waals surface area contributed by atoms with Crippen LogP contribution in [0.1, 0.15) is 39.0 Å². The maximum absolute atomic E-state index is 10.7. The van der Waals surface area contributed by atoms with E-state index in [4.69, 9.17) is 11.6 Å². The molecule has 0 saturated carbocycles. The van der Waals surface area contributed by atoms with Crippen LogP contribution in [0.5, 0.6) is 0 Å². The van der Waals surface area contributed by atoms with Gasteiger partial charge in [0.25, 0.3) is 0 Å². The Morgan fingerprint density at radius 2 is 1.92 bits per heavy atom. The summed E-state index contributed by atoms with van der Waals surface area (Å²) in [7, 11) is 0. The lowest BCUT2D eigenvalue weighted by molar-refractivity contribution is -0.0890. The van der Waals surface area contributed by atoms with Gasteiger partial charge in [0.1, 0.15) is 0 Å². The number of rotatable bonds is 5. The molecule has 2 aliphatic heterocycles. The quantitative estimate of drug-likeness (QED) is 0.840. The number of benzene rings is 1. The third-order valence-corrected chi connectivity index (χ3v) is 6.57. The largest absolute Gasteiger partial charge is 0.396 e. The van der Waals surface area contributed by atoms with E-state index in [9.17, 15) is 10.2 Å². The number of piperidine rings is 2. The van der Waals surface area contributed by atoms with E-state index in [2.05, 4.69) is 22.8 Å². The van der Waals surface area contributed by atoms with Crippen molar-refractivity contribution in [3.8, 4) is 0 Å². The molecule has 140 valence electrons. The highest BCUT2D eigenvalue weighted by atomic mass is 35.5. The number of likely N-dealkylation sites (tertiary alicyclic amines) is 1. The molecule has 0 aliphatic carbocycles. The molecule has 2 aliphatic rings. The summed E-state index contributed by atoms with van der Waals surface area (Å²) in [5.41, 5.74) is 0.840. The molecule has 1 aromatic rings. The van der Waals surface area contributed by atoms with Gasteiger partial charge in [0.05, 0.1) is 23.4 Å². The first kappa shape index (κ1) is 19.0. The van der Waals surface area contributed by atoms with Crippen LogP contribution in [0.15, 0.2) is 24.3 Å². The number of hydrogen-bond donors (Lipinski definition) is 2. The van der Waals surface area contributed by atoms with Crippen LogP contribution in [-0.4, -0.2) is 60.0 Å². The van der Waals surface area contributed by atoms with Crippen LogP contribution >= 0.6 is 11.6 Å². The first-order chi connectivity index (χ1) is 12.1. The van der Waals surface area contributed by atoms with E-state index < -0.39 is 6.10 Å². The lowest BCUT2D eigenvalue weighted by Gasteiger charge is -2.48. The Bertz CT molecular complexity index is 562. The van der Waals surface area contributed by atoms with Crippen LogP contribution in [0, 0.1) is 5.41 Å². The average Bonchev–Trinajstić information content (AvgIpc) is 2.64. The summed E-state index contributed by atoms with van der Waals surface area (Å²) in [6.07, 6.45) is 4.57. The van der Waals surface area contributed by atoms with E-state index in [0.29, 0.717) is 12.6 Å². The second kappa shape index (κ2) is 8.26. The SMILES string of the molecule is CCC[C@]1(CO)CCN(C2CCN(c3ccccc3Cl)CC2)C[C@H]1O. The Kier molecular flexibility index (Phi) is 6.26. The van der Waals surface area contributed by atoms with Gasteiger partial charge in [-0.15, -0.1) is 0 Å². The number of nitrogens with zero attached hydrogens (tertiary/aromatic N) is 2. The van der Waals surface area contributed by atoms with Crippen molar-refractivity contribution in [1.82, 2.24) is 4.90 Å². The molecule has 0 spiro atoms. The van der Waals surface area contributed by atoms with Gasteiger partial charge in [0, 0.05) is 31.1 Å². The zero-order chi connectivity index (χ0) is 17.9. The predicted molar refractivity (Wildman–Crippen MR) is 103 cm³/mol. The minimum atomic E-state index is -0.423. The zero-order valence-corrected chi connectivity index (χ0v) is 16.0. The molecular formula is C20H31ClN2O2. The summed E-state index contributed by atoms with van der Waals surface area (Å²) in [5.74, 6) is 0. The van der Waals surface area contributed by atoms with Crippen LogP contribution in [-0.2, 0) is 0 Å². The summed E-state index contributed by atoms with van der Waals surface area (Å²) < 4.78 is 0. The molecule has 0 aromatic heterocycles. The fraction of sp³-hybridized carbons (Fsp3) is 0.700. The predicted octanol–water partition coefficient (Wildman–Crippen LogP) is 3.15. The molecule has 2 fully saturated rings. The molecule has 3 rings (SSSR count). The van der Waals surface area contributed by atoms with E-state index in [-0.39, 0.29) is 12.0 Å². The minimum absolute atomic E-state index is 0.0980. The number of β-amino-alcohol motifs (C(OH)–C–C–N with tert-alkyl or cyclic N) is 1. The van der Waals surface area contributed by atoms with E-state index in [1.54, 1.807) is 0 Å². The molecule has 1 aromatic carbocycles. The first-order valence-electron chi connectivity index (χ1n) is 9.62. The van der Waals surface area contributed by atoms with Crippen LogP contribution in [0.2, 0.25) is 5.02 Å². The van der Waals surface area contributed by atoms with Crippen molar-refractivity contribution in [1.29, 1.82) is 0 Å². The number of hydrogen-bond acceptors (Lipinski definition) is 4. The molecule has 0 unspecified atom stereocenters. The lowest BCUT2D eigenvalue weighted by atomic mass is 9.73. The van der Waals surface area contributed by atoms with Gasteiger partial charge in [0.2, 0.25) is 0 Å². The molecule has 2 N–H and O–H groups in total. The molecule has 0 bridgehead atoms. The average molecular weight is 367 g/mol. The van der Waals surface area contributed by atoms with Crippen LogP contribution in [0.3, 0.4) is 0 Å². The van der Waals surface area contributed by atoms with Crippen molar-refractivity contribution >= 4 is 17.3 Å². The van der Waals surface area contributed by atoms with Crippen molar-refractivity contribution < 1.29 is 10.2 Å². The third kappa shape index (κ3) is 3.97. The smallest absolute Gasteiger partial charge is 0.0745 e. The Balaban J connectivity index is 1.57. The molecule has 2 saturated heterocycles. The Morgan fingerprint density at radius 1 is 1.20 bits per heavy atom. The van der Waals surface area contributed by atoms with E-state index in [0.717, 1.165) is 62.4 Å². The van der Waals surface area contributed by atoms with Crippen LogP contribution in [0.25, 0.3) is 0 Å². The third-order valence-electron chi connectivity index (χ3n) is 6.25. The maximum Gasteiger partial charge on any atom is 0.0745 e. The van der Waals surface area contributed by atoms with Crippen molar-refractivity contribution in [2.24, 2.45) is 5.41 Å². The second-order valence-corrected chi connectivity index (χ2v) is 8.11. The van der Waals surface area contributed by atoms with E-state index in [1.807, 2.05) is 18.2 Å². The molecule has 4 nitrogen and oxygen atoms in total. The Morgan fingerprint density at radius 3 is 2.52 bits per heavy atom. The molecule has 0 radical (unpaired) electrons. The highest BCUT2D eigenvalue weighted by Gasteiger charge is 2.42. The fourth-order valence-electron chi connectivity index (χ4n) is 4.60. The van der Waals surface area contributed by atoms with Gasteiger partial charge in [-0.2, -0.15) is 0 Å². The van der Waals surface area contributed by atoms with Crippen LogP contribution in [0.4, 0.5) is 5.69 Å². The lowest BCUT2D eigenvalue weighted by Crippen LogP contribution is -2.57. The number of aliphatic hydroxyl groups excluding tert-OH is 2. The zero-order valence-electron chi connectivity index (χ0n) is 15.2. The summed E-state index contributed by atoms with van der Waals surface area (Å²) in [5, 5.41) is 21.3. The van der Waals surface area contributed by atoms with Gasteiger partial charge in [-0.1, -0.05) is 37.1 Å². The Hall–Kier alpha value is -0.810. The Labute approximate surface area is 156 Å². The topological polar surface area (TPSA) is 46.9 Å². The highest BCUT2D eigenvalue weighted by molar-refractivity contribution is 6.33. The molecule has 25 heavy (non-hydrogen) atoms. The highest BCUT2D eigenvalue weighted by Crippen LogP contribution is 2.38. The van der Waals surface area contributed by atoms with Gasteiger partial charge in [-0.05, 0) is 44.4 Å². The minimum Gasteiger partial charge on any atom is -0.396 e. The standard InChI is InChI=1S/C20H31ClN2O2/c1-2-9-20(15-24)10-13-23(14-19(20)25)16-7-11-22(12-8-16)18-6-4-3-5-17(18)21/h3-6,16,19,24-25H,2,7-15H2,1H3/t19-,20-/m1/s1. The summed E-state index contributed by atoms with van der Waals surface area (Å²) in [6.45, 7) is 5.90. The van der Waals surface area contributed by atoms with Crippen molar-refractivity contribution in [3.63, 3.8) is 0 Å². The van der Waals surface area contributed by atoms with Gasteiger partial charge >= 0.3 is 0 Å². The molecular weight excluding hydrogens is 336 g/mol. The summed E-state index contributed by atoms with van der Waals surface area (Å²) >= 11 is 6.33. The number of halogens is 1. The van der Waals surface area contributed by atoms with Crippen molar-refractivity contribution in [3.05, 3.63) is 29.3 Å². The summed E-state index contributed by atoms with van der Waals surface area (Å²) in [6, 6.07) is 8.57. The first-order valence-corrected chi connectivity index (χ1v) is 10.00. The maximum atomic E-state index is 10.7. The number of aliphatic hydroxyl groups is 2. The van der Waals surface area contributed by atoms with Gasteiger partial charge < -0.3 is 15.1 Å². The second-order valence-electron chi connectivity index (χ2n) is 7.70. The monoisotopic (exact) mass is 366 g/mol. The normalized spacial score (nSPS) is 29.1. The van der Waals surface area contributed by atoms with Crippen LogP contribution < -0.4 is 4.90 Å². The van der Waals surface area contributed by atoms with Crippen molar-refractivity contribution in [2.45, 2.75) is 51.2 Å². The fourth-order valence-corrected chi connectivity index (χ4v) is 4.86. The molecule has 0 amide bonds. The molecule has 2 atom stereocenters. The van der Waals surface area contributed by atoms with E-state index >= 15 is 0 Å². The van der Waals surface area contributed by atoms with Crippen molar-refractivity contribution in [2.75, 3.05) is 37.7 Å². The molecule has 2 heterocycles. The van der Waals surface area contributed by atoms with Gasteiger partial charge in [-0.3, -0.25) is 4.90 Å². The van der Waals surface area contributed by atoms with Gasteiger partial charge in [0.15, 0.2) is 0 Å². The number of para-hydroxylation sites is 1. The number of anilines is 1. The van der Waals surface area contributed by atoms with E-state index in [1.165, 1.54) is 0 Å².